The summed E-state index contributed by atoms with van der Waals surface area (Å²) in [4.78, 5) is 26.7. The third-order valence-electron chi connectivity index (χ3n) is 4.74. The van der Waals surface area contributed by atoms with Gasteiger partial charge in [-0.25, -0.2) is 8.42 Å². The number of amides is 1. The lowest BCUT2D eigenvalue weighted by Crippen LogP contribution is -2.50. The highest BCUT2D eigenvalue weighted by Gasteiger charge is 2.31. The lowest BCUT2D eigenvalue weighted by Gasteiger charge is -2.33. The number of nitro groups is 1. The van der Waals surface area contributed by atoms with Crippen molar-refractivity contribution in [1.82, 2.24) is 9.21 Å². The number of hydrogen-bond donors (Lipinski definition) is 1. The first kappa shape index (κ1) is 22.6. The molecule has 1 amide bonds. The molecule has 0 unspecified atom stereocenters. The van der Waals surface area contributed by atoms with Crippen molar-refractivity contribution >= 4 is 50.2 Å². The van der Waals surface area contributed by atoms with Gasteiger partial charge in [-0.2, -0.15) is 4.31 Å². The summed E-state index contributed by atoms with van der Waals surface area (Å²) >= 11 is 7.23. The zero-order valence-electron chi connectivity index (χ0n) is 16.4. The molecule has 9 nitrogen and oxygen atoms in total. The molecule has 0 atom stereocenters. The molecular weight excluding hydrogens is 452 g/mol. The number of rotatable bonds is 6. The number of aryl methyl sites for hydroxylation is 2. The van der Waals surface area contributed by atoms with Crippen molar-refractivity contribution in [3.63, 3.8) is 0 Å². The minimum Gasteiger partial charge on any atom is -0.319 e. The van der Waals surface area contributed by atoms with Crippen molar-refractivity contribution in [2.45, 2.75) is 18.7 Å². The molecule has 1 fully saturated rings. The molecule has 1 aromatic heterocycles. The van der Waals surface area contributed by atoms with Gasteiger partial charge in [-0.15, -0.1) is 11.3 Å². The zero-order chi connectivity index (χ0) is 22.1. The fourth-order valence-corrected chi connectivity index (χ4v) is 6.40. The maximum absolute atomic E-state index is 12.9. The van der Waals surface area contributed by atoms with E-state index in [0.717, 1.165) is 9.75 Å². The standard InChI is InChI=1S/C18H21ClN4O5S2/c1-12-9-17(13(2)29-12)30(27,28)22-7-5-21(6-8-22)11-18(24)20-15-4-3-14(19)10-16(15)23(25)26/h3-4,9-10H,5-8,11H2,1-2H3,(H,20,24). The monoisotopic (exact) mass is 472 g/mol. The molecule has 1 aromatic carbocycles. The summed E-state index contributed by atoms with van der Waals surface area (Å²) in [6.07, 6.45) is 0. The summed E-state index contributed by atoms with van der Waals surface area (Å²) in [5.41, 5.74) is -0.216. The summed E-state index contributed by atoms with van der Waals surface area (Å²) in [6, 6.07) is 5.71. The van der Waals surface area contributed by atoms with E-state index in [1.165, 1.54) is 33.8 Å². The topological polar surface area (TPSA) is 113 Å². The van der Waals surface area contributed by atoms with Crippen LogP contribution in [0.4, 0.5) is 11.4 Å². The number of carbonyl (C=O) groups is 1. The van der Waals surface area contributed by atoms with Crippen LogP contribution >= 0.6 is 22.9 Å². The van der Waals surface area contributed by atoms with Gasteiger partial charge >= 0.3 is 0 Å². The van der Waals surface area contributed by atoms with Crippen LogP contribution in [-0.4, -0.2) is 61.2 Å². The van der Waals surface area contributed by atoms with E-state index in [1.54, 1.807) is 13.0 Å². The Morgan fingerprint density at radius 2 is 1.90 bits per heavy atom. The molecule has 0 bridgehead atoms. The van der Waals surface area contributed by atoms with E-state index in [4.69, 9.17) is 11.6 Å². The number of hydrogen-bond acceptors (Lipinski definition) is 7. The molecule has 3 rings (SSSR count). The lowest BCUT2D eigenvalue weighted by atomic mass is 10.2. The van der Waals surface area contributed by atoms with Gasteiger partial charge in [0.2, 0.25) is 15.9 Å². The van der Waals surface area contributed by atoms with Crippen LogP contribution in [0.1, 0.15) is 9.75 Å². The zero-order valence-corrected chi connectivity index (χ0v) is 18.8. The van der Waals surface area contributed by atoms with Crippen LogP contribution < -0.4 is 5.32 Å². The second kappa shape index (κ2) is 8.98. The number of halogens is 1. The molecule has 1 aliphatic rings. The number of carbonyl (C=O) groups excluding carboxylic acids is 1. The second-order valence-corrected chi connectivity index (χ2v) is 10.7. The maximum atomic E-state index is 12.9. The van der Waals surface area contributed by atoms with Crippen LogP contribution in [0, 0.1) is 24.0 Å². The fourth-order valence-electron chi connectivity index (χ4n) is 3.29. The van der Waals surface area contributed by atoms with Crippen molar-refractivity contribution in [3.05, 3.63) is 49.2 Å². The first-order valence-corrected chi connectivity index (χ1v) is 11.7. The van der Waals surface area contributed by atoms with Crippen LogP contribution in [-0.2, 0) is 14.8 Å². The quantitative estimate of drug-likeness (QED) is 0.511. The highest BCUT2D eigenvalue weighted by molar-refractivity contribution is 7.89. The lowest BCUT2D eigenvalue weighted by molar-refractivity contribution is -0.383. The van der Waals surface area contributed by atoms with Crippen LogP contribution in [0.5, 0.6) is 0 Å². The van der Waals surface area contributed by atoms with E-state index < -0.39 is 20.9 Å². The van der Waals surface area contributed by atoms with Crippen molar-refractivity contribution < 1.29 is 18.1 Å². The van der Waals surface area contributed by atoms with Crippen LogP contribution in [0.2, 0.25) is 5.02 Å². The summed E-state index contributed by atoms with van der Waals surface area (Å²) in [6.45, 7) is 4.98. The number of nitrogens with zero attached hydrogens (tertiary/aromatic N) is 3. The summed E-state index contributed by atoms with van der Waals surface area (Å²) in [5.74, 6) is -0.416. The predicted octanol–water partition coefficient (Wildman–Crippen LogP) is 2.87. The predicted molar refractivity (Wildman–Crippen MR) is 116 cm³/mol. The first-order chi connectivity index (χ1) is 14.1. The van der Waals surface area contributed by atoms with Gasteiger partial charge in [0.1, 0.15) is 5.69 Å². The number of sulfonamides is 1. The summed E-state index contributed by atoms with van der Waals surface area (Å²) in [5, 5.41) is 13.9. The van der Waals surface area contributed by atoms with Crippen LogP contribution in [0.15, 0.2) is 29.2 Å². The van der Waals surface area contributed by atoms with Gasteiger partial charge in [-0.05, 0) is 32.0 Å². The van der Waals surface area contributed by atoms with Gasteiger partial charge in [0.25, 0.3) is 5.69 Å². The van der Waals surface area contributed by atoms with Crippen molar-refractivity contribution in [2.24, 2.45) is 0 Å². The Bertz CT molecular complexity index is 1080. The average molecular weight is 473 g/mol. The Morgan fingerprint density at radius 1 is 1.23 bits per heavy atom. The van der Waals surface area contributed by atoms with Gasteiger partial charge in [-0.1, -0.05) is 11.6 Å². The van der Waals surface area contributed by atoms with Crippen molar-refractivity contribution in [2.75, 3.05) is 38.0 Å². The number of nitro benzene ring substituents is 1. The summed E-state index contributed by atoms with van der Waals surface area (Å²) in [7, 11) is -3.56. The second-order valence-electron chi connectivity index (χ2n) is 6.92. The van der Waals surface area contributed by atoms with E-state index in [1.807, 2.05) is 11.8 Å². The Balaban J connectivity index is 1.59. The minimum atomic E-state index is -3.56. The average Bonchev–Trinajstić information content (AvgIpc) is 3.02. The molecule has 12 heteroatoms. The first-order valence-electron chi connectivity index (χ1n) is 9.11. The maximum Gasteiger partial charge on any atom is 0.294 e. The number of nitrogens with one attached hydrogen (secondary N) is 1. The van der Waals surface area contributed by atoms with Gasteiger partial charge in [-0.3, -0.25) is 19.8 Å². The minimum absolute atomic E-state index is 0.00422. The molecule has 162 valence electrons. The van der Waals surface area contributed by atoms with E-state index in [2.05, 4.69) is 5.32 Å². The summed E-state index contributed by atoms with van der Waals surface area (Å²) < 4.78 is 27.2. The van der Waals surface area contributed by atoms with Gasteiger partial charge in [0.15, 0.2) is 0 Å². The normalized spacial score (nSPS) is 15.8. The molecular formula is C18H21ClN4O5S2. The fraction of sp³-hybridized carbons (Fsp3) is 0.389. The Morgan fingerprint density at radius 3 is 2.47 bits per heavy atom. The SMILES string of the molecule is Cc1cc(S(=O)(=O)N2CCN(CC(=O)Nc3ccc(Cl)cc3[N+](=O)[O-])CC2)c(C)s1. The van der Waals surface area contributed by atoms with Crippen molar-refractivity contribution in [3.8, 4) is 0 Å². The Labute approximate surface area is 183 Å². The smallest absolute Gasteiger partial charge is 0.294 e. The van der Waals surface area contributed by atoms with Gasteiger partial charge in [0, 0.05) is 47.0 Å². The number of benzene rings is 1. The molecule has 0 radical (unpaired) electrons. The van der Waals surface area contributed by atoms with Gasteiger partial charge in [0.05, 0.1) is 16.4 Å². The molecule has 1 saturated heterocycles. The molecule has 2 aromatic rings. The molecule has 2 heterocycles. The van der Waals surface area contributed by atoms with Crippen LogP contribution in [0.25, 0.3) is 0 Å². The Kier molecular flexibility index (Phi) is 6.78. The Hall–Kier alpha value is -2.05. The molecule has 30 heavy (non-hydrogen) atoms. The molecule has 0 saturated carbocycles. The van der Waals surface area contributed by atoms with E-state index >= 15 is 0 Å². The van der Waals surface area contributed by atoms with Gasteiger partial charge < -0.3 is 5.32 Å². The van der Waals surface area contributed by atoms with E-state index in [0.29, 0.717) is 18.0 Å². The van der Waals surface area contributed by atoms with E-state index in [9.17, 15) is 23.3 Å². The number of anilines is 1. The van der Waals surface area contributed by atoms with Crippen LogP contribution in [0.3, 0.4) is 0 Å². The molecule has 1 N–H and O–H groups in total. The number of thiophene rings is 1. The molecule has 1 aliphatic heterocycles. The number of piperazine rings is 1. The third-order valence-corrected chi connectivity index (χ3v) is 8.10. The molecule has 0 spiro atoms. The van der Waals surface area contributed by atoms with E-state index in [-0.39, 0.29) is 36.0 Å². The third kappa shape index (κ3) is 4.98. The molecule has 0 aliphatic carbocycles. The van der Waals surface area contributed by atoms with Crippen molar-refractivity contribution in [1.29, 1.82) is 0 Å². The highest BCUT2D eigenvalue weighted by atomic mass is 35.5. The highest BCUT2D eigenvalue weighted by Crippen LogP contribution is 2.29. The largest absolute Gasteiger partial charge is 0.319 e.